The first kappa shape index (κ1) is 20.3. The first-order valence-corrected chi connectivity index (χ1v) is 10.2. The Morgan fingerprint density at radius 1 is 1.12 bits per heavy atom. The molecular formula is C17H16F3NO3S2. The molecule has 1 N–H and O–H groups in total. The summed E-state index contributed by atoms with van der Waals surface area (Å²) in [4.78, 5) is 12.8. The van der Waals surface area contributed by atoms with E-state index in [2.05, 4.69) is 4.72 Å². The van der Waals surface area contributed by atoms with Gasteiger partial charge in [-0.1, -0.05) is 6.07 Å². The van der Waals surface area contributed by atoms with E-state index in [9.17, 15) is 26.4 Å². The molecule has 26 heavy (non-hydrogen) atoms. The average Bonchev–Trinajstić information content (AvgIpc) is 2.53. The molecule has 2 rings (SSSR count). The standard InChI is InChI=1S/C17H16F3NO3S2/c1-11(25-15-5-3-4-13(10-15)17(18,19)20)16(22)12-6-8-14(9-7-12)21-26(2,23)24/h3-11,21H,1-2H3/t11-/m0/s1. The van der Waals surface area contributed by atoms with E-state index in [-0.39, 0.29) is 5.78 Å². The molecule has 0 aromatic heterocycles. The Morgan fingerprint density at radius 3 is 2.27 bits per heavy atom. The molecule has 2 aromatic rings. The molecule has 4 nitrogen and oxygen atoms in total. The summed E-state index contributed by atoms with van der Waals surface area (Å²) in [7, 11) is -3.41. The van der Waals surface area contributed by atoms with Gasteiger partial charge in [-0.25, -0.2) is 8.42 Å². The molecule has 0 spiro atoms. The molecule has 0 amide bonds. The van der Waals surface area contributed by atoms with Crippen LogP contribution in [0.25, 0.3) is 0 Å². The number of sulfonamides is 1. The van der Waals surface area contributed by atoms with Crippen LogP contribution in [0.4, 0.5) is 18.9 Å². The molecule has 140 valence electrons. The van der Waals surface area contributed by atoms with Crippen LogP contribution >= 0.6 is 11.8 Å². The van der Waals surface area contributed by atoms with Crippen molar-refractivity contribution in [2.24, 2.45) is 0 Å². The topological polar surface area (TPSA) is 63.2 Å². The number of alkyl halides is 3. The highest BCUT2D eigenvalue weighted by molar-refractivity contribution is 8.00. The highest BCUT2D eigenvalue weighted by atomic mass is 32.2. The quantitative estimate of drug-likeness (QED) is 0.572. The maximum absolute atomic E-state index is 12.8. The zero-order valence-electron chi connectivity index (χ0n) is 13.9. The first-order chi connectivity index (χ1) is 12.0. The molecule has 0 aliphatic heterocycles. The van der Waals surface area contributed by atoms with Gasteiger partial charge in [0.2, 0.25) is 10.0 Å². The van der Waals surface area contributed by atoms with Crippen molar-refractivity contribution in [2.75, 3.05) is 11.0 Å². The summed E-state index contributed by atoms with van der Waals surface area (Å²) in [6.07, 6.45) is -3.42. The van der Waals surface area contributed by atoms with Gasteiger partial charge in [0.15, 0.2) is 5.78 Å². The van der Waals surface area contributed by atoms with Crippen LogP contribution in [-0.2, 0) is 16.2 Å². The van der Waals surface area contributed by atoms with Crippen LogP contribution in [0.15, 0.2) is 53.4 Å². The number of anilines is 1. The minimum atomic E-state index is -4.44. The number of carbonyl (C=O) groups excluding carboxylic acids is 1. The SMILES string of the molecule is C[C@H](Sc1cccc(C(F)(F)F)c1)C(=O)c1ccc(NS(C)(=O)=O)cc1. The van der Waals surface area contributed by atoms with E-state index in [4.69, 9.17) is 0 Å². The van der Waals surface area contributed by atoms with E-state index < -0.39 is 27.0 Å². The van der Waals surface area contributed by atoms with E-state index in [1.54, 1.807) is 6.92 Å². The number of halogens is 3. The number of Topliss-reactive ketones (excluding diaryl/α,β-unsaturated/α-hetero) is 1. The van der Waals surface area contributed by atoms with Gasteiger partial charge in [-0.05, 0) is 49.4 Å². The summed E-state index contributed by atoms with van der Waals surface area (Å²) < 4.78 is 62.9. The summed E-state index contributed by atoms with van der Waals surface area (Å²) in [5.74, 6) is -0.265. The summed E-state index contributed by atoms with van der Waals surface area (Å²) in [5.41, 5.74) is -0.100. The Balaban J connectivity index is 2.10. The van der Waals surface area contributed by atoms with E-state index in [0.717, 1.165) is 30.2 Å². The van der Waals surface area contributed by atoms with Crippen molar-refractivity contribution in [3.63, 3.8) is 0 Å². The number of carbonyl (C=O) groups is 1. The molecule has 9 heteroatoms. The fraction of sp³-hybridized carbons (Fsp3) is 0.235. The van der Waals surface area contributed by atoms with E-state index in [1.165, 1.54) is 36.4 Å². The Kier molecular flexibility index (Phi) is 6.02. The van der Waals surface area contributed by atoms with Crippen LogP contribution in [0.5, 0.6) is 0 Å². The molecule has 0 fully saturated rings. The second kappa shape index (κ2) is 7.71. The molecule has 0 saturated heterocycles. The minimum absolute atomic E-state index is 0.265. The predicted molar refractivity (Wildman–Crippen MR) is 96.0 cm³/mol. The maximum Gasteiger partial charge on any atom is 0.416 e. The number of thioether (sulfide) groups is 1. The monoisotopic (exact) mass is 403 g/mol. The molecule has 0 aliphatic rings. The third-order valence-electron chi connectivity index (χ3n) is 3.32. The molecule has 2 aromatic carbocycles. The number of benzene rings is 2. The van der Waals surface area contributed by atoms with Crippen LogP contribution < -0.4 is 4.72 Å². The Morgan fingerprint density at radius 2 is 1.73 bits per heavy atom. The van der Waals surface area contributed by atoms with Gasteiger partial charge in [0.25, 0.3) is 0 Å². The van der Waals surface area contributed by atoms with E-state index in [1.807, 2.05) is 0 Å². The van der Waals surface area contributed by atoms with Gasteiger partial charge in [0.1, 0.15) is 0 Å². The summed E-state index contributed by atoms with van der Waals surface area (Å²) in [6.45, 7) is 1.61. The maximum atomic E-state index is 12.8. The molecule has 0 aliphatic carbocycles. The second-order valence-electron chi connectivity index (χ2n) is 5.60. The van der Waals surface area contributed by atoms with Crippen molar-refractivity contribution >= 4 is 33.3 Å². The molecule has 0 radical (unpaired) electrons. The Bertz CT molecular complexity index is 894. The molecule has 0 heterocycles. The smallest absolute Gasteiger partial charge is 0.293 e. The number of nitrogens with one attached hydrogen (secondary N) is 1. The highest BCUT2D eigenvalue weighted by Gasteiger charge is 2.30. The van der Waals surface area contributed by atoms with Crippen LogP contribution in [-0.4, -0.2) is 25.7 Å². The zero-order valence-corrected chi connectivity index (χ0v) is 15.5. The van der Waals surface area contributed by atoms with Crippen molar-refractivity contribution in [3.05, 3.63) is 59.7 Å². The lowest BCUT2D eigenvalue weighted by molar-refractivity contribution is -0.137. The second-order valence-corrected chi connectivity index (χ2v) is 8.76. The first-order valence-electron chi connectivity index (χ1n) is 7.42. The predicted octanol–water partition coefficient (Wildman–Crippen LogP) is 4.44. The van der Waals surface area contributed by atoms with E-state index in [0.29, 0.717) is 16.1 Å². The van der Waals surface area contributed by atoms with Crippen molar-refractivity contribution in [2.45, 2.75) is 23.2 Å². The van der Waals surface area contributed by atoms with Crippen molar-refractivity contribution in [1.82, 2.24) is 0 Å². The minimum Gasteiger partial charge on any atom is -0.293 e. The lowest BCUT2D eigenvalue weighted by Gasteiger charge is -2.13. The third-order valence-corrected chi connectivity index (χ3v) is 5.02. The Labute approximate surface area is 153 Å². The van der Waals surface area contributed by atoms with Gasteiger partial charge >= 0.3 is 6.18 Å². The summed E-state index contributed by atoms with van der Waals surface area (Å²) in [5, 5.41) is -0.604. The molecule has 1 atom stereocenters. The number of ketones is 1. The molecule has 0 unspecified atom stereocenters. The third kappa shape index (κ3) is 5.77. The molecule has 0 bridgehead atoms. The van der Waals surface area contributed by atoms with Gasteiger partial charge < -0.3 is 0 Å². The highest BCUT2D eigenvalue weighted by Crippen LogP contribution is 2.33. The normalized spacial score (nSPS) is 13.3. The van der Waals surface area contributed by atoms with Crippen LogP contribution in [0, 0.1) is 0 Å². The van der Waals surface area contributed by atoms with Crippen molar-refractivity contribution < 1.29 is 26.4 Å². The summed E-state index contributed by atoms with van der Waals surface area (Å²) in [6, 6.07) is 10.7. The Hall–Kier alpha value is -2.00. The van der Waals surface area contributed by atoms with Gasteiger partial charge in [-0.3, -0.25) is 9.52 Å². The lowest BCUT2D eigenvalue weighted by Crippen LogP contribution is -2.14. The number of rotatable bonds is 6. The molecule has 0 saturated carbocycles. The molecular weight excluding hydrogens is 387 g/mol. The van der Waals surface area contributed by atoms with E-state index >= 15 is 0 Å². The number of hydrogen-bond acceptors (Lipinski definition) is 4. The lowest BCUT2D eigenvalue weighted by atomic mass is 10.1. The fourth-order valence-electron chi connectivity index (χ4n) is 2.15. The van der Waals surface area contributed by atoms with Gasteiger partial charge in [-0.2, -0.15) is 13.2 Å². The number of hydrogen-bond donors (Lipinski definition) is 1. The van der Waals surface area contributed by atoms with Crippen molar-refractivity contribution in [3.8, 4) is 0 Å². The van der Waals surface area contributed by atoms with Gasteiger partial charge in [0.05, 0.1) is 17.1 Å². The average molecular weight is 403 g/mol. The fourth-order valence-corrected chi connectivity index (χ4v) is 3.72. The zero-order chi connectivity index (χ0) is 19.5. The van der Waals surface area contributed by atoms with Crippen LogP contribution in [0.3, 0.4) is 0 Å². The van der Waals surface area contributed by atoms with Crippen LogP contribution in [0.1, 0.15) is 22.8 Å². The van der Waals surface area contributed by atoms with Crippen LogP contribution in [0.2, 0.25) is 0 Å². The van der Waals surface area contributed by atoms with Gasteiger partial charge in [0, 0.05) is 16.1 Å². The largest absolute Gasteiger partial charge is 0.416 e. The van der Waals surface area contributed by atoms with Crippen molar-refractivity contribution in [1.29, 1.82) is 0 Å². The summed E-state index contributed by atoms with van der Waals surface area (Å²) >= 11 is 1.03. The van der Waals surface area contributed by atoms with Gasteiger partial charge in [-0.15, -0.1) is 11.8 Å².